The SMILES string of the molecule is Cc1ccc(OCc2ccc(C(=O)O)cc2)c([C@H](C)O)c1. The number of hydrogen-bond donors (Lipinski definition) is 2. The van der Waals surface area contributed by atoms with Gasteiger partial charge in [-0.1, -0.05) is 23.8 Å². The molecule has 0 heterocycles. The highest BCUT2D eigenvalue weighted by Crippen LogP contribution is 2.27. The van der Waals surface area contributed by atoms with Crippen LogP contribution in [0.5, 0.6) is 5.75 Å². The Hall–Kier alpha value is -2.33. The van der Waals surface area contributed by atoms with Crippen molar-refractivity contribution in [1.29, 1.82) is 0 Å². The third-order valence-corrected chi connectivity index (χ3v) is 3.21. The molecule has 0 saturated heterocycles. The molecule has 2 N–H and O–H groups in total. The van der Waals surface area contributed by atoms with Crippen LogP contribution in [0.1, 0.15) is 40.1 Å². The Morgan fingerprint density at radius 1 is 1.19 bits per heavy atom. The molecule has 0 spiro atoms. The summed E-state index contributed by atoms with van der Waals surface area (Å²) in [6.07, 6.45) is -0.603. The van der Waals surface area contributed by atoms with Crippen molar-refractivity contribution in [2.45, 2.75) is 26.6 Å². The molecule has 2 rings (SSSR count). The topological polar surface area (TPSA) is 66.8 Å². The van der Waals surface area contributed by atoms with Crippen LogP contribution in [0.15, 0.2) is 42.5 Å². The van der Waals surface area contributed by atoms with Crippen LogP contribution in [-0.4, -0.2) is 16.2 Å². The predicted molar refractivity (Wildman–Crippen MR) is 79.5 cm³/mol. The van der Waals surface area contributed by atoms with Crippen LogP contribution in [0.3, 0.4) is 0 Å². The van der Waals surface area contributed by atoms with Crippen molar-refractivity contribution in [2.24, 2.45) is 0 Å². The standard InChI is InChI=1S/C17H18O4/c1-11-3-8-16(15(9-11)12(2)18)21-10-13-4-6-14(7-5-13)17(19)20/h3-9,12,18H,10H2,1-2H3,(H,19,20)/t12-/m0/s1. The zero-order valence-corrected chi connectivity index (χ0v) is 12.0. The third kappa shape index (κ3) is 3.83. The lowest BCUT2D eigenvalue weighted by Crippen LogP contribution is -2.02. The second kappa shape index (κ2) is 6.41. The minimum atomic E-state index is -0.947. The van der Waals surface area contributed by atoms with Crippen molar-refractivity contribution >= 4 is 5.97 Å². The molecule has 21 heavy (non-hydrogen) atoms. The molecule has 2 aromatic carbocycles. The summed E-state index contributed by atoms with van der Waals surface area (Å²) in [5.41, 5.74) is 2.93. The van der Waals surface area contributed by atoms with Gasteiger partial charge in [0.1, 0.15) is 12.4 Å². The van der Waals surface area contributed by atoms with E-state index >= 15 is 0 Å². The van der Waals surface area contributed by atoms with Gasteiger partial charge in [-0.15, -0.1) is 0 Å². The van der Waals surface area contributed by atoms with Gasteiger partial charge in [0.25, 0.3) is 0 Å². The van der Waals surface area contributed by atoms with E-state index < -0.39 is 12.1 Å². The molecule has 0 aromatic heterocycles. The normalized spacial score (nSPS) is 12.0. The van der Waals surface area contributed by atoms with Gasteiger partial charge in [0.2, 0.25) is 0 Å². The molecular weight excluding hydrogens is 268 g/mol. The van der Waals surface area contributed by atoms with Crippen LogP contribution < -0.4 is 4.74 Å². The van der Waals surface area contributed by atoms with Crippen LogP contribution in [0, 0.1) is 6.92 Å². The molecule has 0 unspecified atom stereocenters. The Morgan fingerprint density at radius 3 is 2.43 bits per heavy atom. The molecule has 0 amide bonds. The van der Waals surface area contributed by atoms with Gasteiger partial charge in [-0.2, -0.15) is 0 Å². The maximum atomic E-state index is 10.8. The largest absolute Gasteiger partial charge is 0.489 e. The van der Waals surface area contributed by atoms with Gasteiger partial charge >= 0.3 is 5.97 Å². The highest BCUT2D eigenvalue weighted by atomic mass is 16.5. The van der Waals surface area contributed by atoms with Gasteiger partial charge in [0.05, 0.1) is 11.7 Å². The lowest BCUT2D eigenvalue weighted by Gasteiger charge is -2.14. The first kappa shape index (κ1) is 15.1. The monoisotopic (exact) mass is 286 g/mol. The Kier molecular flexibility index (Phi) is 4.60. The average Bonchev–Trinajstić information content (AvgIpc) is 2.46. The molecule has 4 heteroatoms. The Bertz CT molecular complexity index is 630. The maximum absolute atomic E-state index is 10.8. The summed E-state index contributed by atoms with van der Waals surface area (Å²) in [6.45, 7) is 3.98. The number of aliphatic hydroxyl groups is 1. The van der Waals surface area contributed by atoms with E-state index in [0.29, 0.717) is 12.4 Å². The van der Waals surface area contributed by atoms with Crippen LogP contribution in [-0.2, 0) is 6.61 Å². The van der Waals surface area contributed by atoms with Crippen molar-refractivity contribution < 1.29 is 19.7 Å². The zero-order chi connectivity index (χ0) is 15.4. The van der Waals surface area contributed by atoms with Crippen molar-refractivity contribution in [3.8, 4) is 5.75 Å². The summed E-state index contributed by atoms with van der Waals surface area (Å²) in [4.78, 5) is 10.8. The molecule has 110 valence electrons. The Balaban J connectivity index is 2.11. The first-order valence-corrected chi connectivity index (χ1v) is 6.71. The van der Waals surface area contributed by atoms with Crippen molar-refractivity contribution in [2.75, 3.05) is 0 Å². The van der Waals surface area contributed by atoms with Crippen molar-refractivity contribution in [3.05, 3.63) is 64.7 Å². The van der Waals surface area contributed by atoms with Gasteiger partial charge < -0.3 is 14.9 Å². The highest BCUT2D eigenvalue weighted by molar-refractivity contribution is 5.87. The second-order valence-electron chi connectivity index (χ2n) is 5.01. The number of ether oxygens (including phenoxy) is 1. The van der Waals surface area contributed by atoms with Gasteiger partial charge in [-0.25, -0.2) is 4.79 Å². The summed E-state index contributed by atoms with van der Waals surface area (Å²) < 4.78 is 5.73. The second-order valence-corrected chi connectivity index (χ2v) is 5.01. The average molecular weight is 286 g/mol. The Morgan fingerprint density at radius 2 is 1.86 bits per heavy atom. The number of rotatable bonds is 5. The smallest absolute Gasteiger partial charge is 0.335 e. The van der Waals surface area contributed by atoms with Crippen molar-refractivity contribution in [3.63, 3.8) is 0 Å². The number of carbonyl (C=O) groups is 1. The number of aliphatic hydroxyl groups excluding tert-OH is 1. The number of carboxylic acids is 1. The van der Waals surface area contributed by atoms with E-state index in [1.807, 2.05) is 25.1 Å². The van der Waals surface area contributed by atoms with Crippen LogP contribution in [0.2, 0.25) is 0 Å². The molecule has 0 fully saturated rings. The summed E-state index contributed by atoms with van der Waals surface area (Å²) in [7, 11) is 0. The number of hydrogen-bond acceptors (Lipinski definition) is 3. The van der Waals surface area contributed by atoms with E-state index in [9.17, 15) is 9.90 Å². The molecule has 2 aromatic rings. The van der Waals surface area contributed by atoms with E-state index in [-0.39, 0.29) is 5.56 Å². The molecule has 4 nitrogen and oxygen atoms in total. The summed E-state index contributed by atoms with van der Waals surface area (Å²) in [5, 5.41) is 18.6. The first-order chi connectivity index (χ1) is 9.97. The lowest BCUT2D eigenvalue weighted by molar-refractivity contribution is 0.0697. The fourth-order valence-corrected chi connectivity index (χ4v) is 2.03. The minimum absolute atomic E-state index is 0.249. The highest BCUT2D eigenvalue weighted by Gasteiger charge is 2.10. The first-order valence-electron chi connectivity index (χ1n) is 6.71. The van der Waals surface area contributed by atoms with E-state index in [1.54, 1.807) is 31.2 Å². The molecule has 0 bridgehead atoms. The fraction of sp³-hybridized carbons (Fsp3) is 0.235. The molecule has 0 radical (unpaired) electrons. The van der Waals surface area contributed by atoms with E-state index in [4.69, 9.17) is 9.84 Å². The van der Waals surface area contributed by atoms with Gasteiger partial charge in [-0.3, -0.25) is 0 Å². The third-order valence-electron chi connectivity index (χ3n) is 3.21. The summed E-state index contributed by atoms with van der Waals surface area (Å²) >= 11 is 0. The maximum Gasteiger partial charge on any atom is 0.335 e. The van der Waals surface area contributed by atoms with Crippen LogP contribution in [0.25, 0.3) is 0 Å². The number of aromatic carboxylic acids is 1. The molecule has 0 aliphatic heterocycles. The predicted octanol–water partition coefficient (Wildman–Crippen LogP) is 3.33. The number of benzene rings is 2. The van der Waals surface area contributed by atoms with Gasteiger partial charge in [0, 0.05) is 5.56 Å². The van der Waals surface area contributed by atoms with E-state index in [0.717, 1.165) is 16.7 Å². The van der Waals surface area contributed by atoms with E-state index in [1.165, 1.54) is 0 Å². The number of aryl methyl sites for hydroxylation is 1. The summed E-state index contributed by atoms with van der Waals surface area (Å²) in [6, 6.07) is 12.2. The van der Waals surface area contributed by atoms with Crippen LogP contribution in [0.4, 0.5) is 0 Å². The van der Waals surface area contributed by atoms with Crippen LogP contribution >= 0.6 is 0 Å². The van der Waals surface area contributed by atoms with E-state index in [2.05, 4.69) is 0 Å². The number of carboxylic acid groups (broad SMARTS) is 1. The lowest BCUT2D eigenvalue weighted by atomic mass is 10.1. The fourth-order valence-electron chi connectivity index (χ4n) is 2.03. The molecular formula is C17H18O4. The van der Waals surface area contributed by atoms with Gasteiger partial charge in [-0.05, 0) is 43.7 Å². The Labute approximate surface area is 123 Å². The minimum Gasteiger partial charge on any atom is -0.489 e. The van der Waals surface area contributed by atoms with Gasteiger partial charge in [0.15, 0.2) is 0 Å². The zero-order valence-electron chi connectivity index (χ0n) is 12.0. The molecule has 0 saturated carbocycles. The summed E-state index contributed by atoms with van der Waals surface area (Å²) in [5.74, 6) is -0.310. The van der Waals surface area contributed by atoms with Crippen molar-refractivity contribution in [1.82, 2.24) is 0 Å². The molecule has 1 atom stereocenters. The molecule has 0 aliphatic carbocycles. The molecule has 0 aliphatic rings. The quantitative estimate of drug-likeness (QED) is 0.884.